The van der Waals surface area contributed by atoms with E-state index in [9.17, 15) is 13.5 Å². The Balaban J connectivity index is 1.70. The van der Waals surface area contributed by atoms with Crippen LogP contribution in [0.3, 0.4) is 0 Å². The van der Waals surface area contributed by atoms with Crippen LogP contribution < -0.4 is 9.46 Å². The maximum Gasteiger partial charge on any atom is 0.244 e. The lowest BCUT2D eigenvalue weighted by atomic mass is 9.78. The SMILES string of the molecule is CC(C)N1CCC2(CC1)COc1cc(-c3ccc(Cl)cc3)ccc1S(=O)(=O)NCC(O)CN(C)C2. The van der Waals surface area contributed by atoms with Crippen LogP contribution in [0.4, 0.5) is 0 Å². The van der Waals surface area contributed by atoms with Crippen molar-refractivity contribution in [3.8, 4) is 16.9 Å². The number of fused-ring (bicyclic) bond motifs is 1. The number of rotatable bonds is 2. The van der Waals surface area contributed by atoms with Crippen molar-refractivity contribution in [3.05, 3.63) is 47.5 Å². The largest absolute Gasteiger partial charge is 0.492 e. The third-order valence-corrected chi connectivity index (χ3v) is 8.89. The molecule has 0 bridgehead atoms. The molecule has 2 aromatic rings. The number of nitrogens with zero attached hydrogens (tertiary/aromatic N) is 2. The molecule has 1 atom stereocenters. The van der Waals surface area contributed by atoms with Gasteiger partial charge in [-0.15, -0.1) is 0 Å². The van der Waals surface area contributed by atoms with Crippen LogP contribution in [0, 0.1) is 5.41 Å². The molecule has 2 aromatic carbocycles. The zero-order chi connectivity index (χ0) is 25.2. The summed E-state index contributed by atoms with van der Waals surface area (Å²) in [4.78, 5) is 4.66. The molecule has 7 nitrogen and oxygen atoms in total. The Labute approximate surface area is 214 Å². The first-order valence-corrected chi connectivity index (χ1v) is 14.1. The summed E-state index contributed by atoms with van der Waals surface area (Å²) >= 11 is 6.05. The van der Waals surface area contributed by atoms with Gasteiger partial charge in [-0.05, 0) is 82.2 Å². The number of ether oxygens (including phenoxy) is 1. The van der Waals surface area contributed by atoms with Crippen molar-refractivity contribution in [3.63, 3.8) is 0 Å². The van der Waals surface area contributed by atoms with Gasteiger partial charge < -0.3 is 19.6 Å². The van der Waals surface area contributed by atoms with Crippen LogP contribution in [0.25, 0.3) is 11.1 Å². The fourth-order valence-electron chi connectivity index (χ4n) is 5.10. The predicted octanol–water partition coefficient (Wildman–Crippen LogP) is 3.46. The minimum atomic E-state index is -3.87. The highest BCUT2D eigenvalue weighted by molar-refractivity contribution is 7.89. The quantitative estimate of drug-likeness (QED) is 0.630. The van der Waals surface area contributed by atoms with Gasteiger partial charge in [-0.25, -0.2) is 13.1 Å². The van der Waals surface area contributed by atoms with Crippen LogP contribution in [0.15, 0.2) is 47.4 Å². The second kappa shape index (κ2) is 10.7. The van der Waals surface area contributed by atoms with E-state index in [1.165, 1.54) is 0 Å². The van der Waals surface area contributed by atoms with Crippen molar-refractivity contribution in [2.24, 2.45) is 5.41 Å². The molecule has 0 saturated carbocycles. The van der Waals surface area contributed by atoms with Crippen LogP contribution in [0.5, 0.6) is 5.75 Å². The number of likely N-dealkylation sites (tertiary alicyclic amines) is 1. The van der Waals surface area contributed by atoms with Crippen molar-refractivity contribution < 1.29 is 18.3 Å². The van der Waals surface area contributed by atoms with Crippen molar-refractivity contribution in [2.45, 2.75) is 43.7 Å². The van der Waals surface area contributed by atoms with Crippen molar-refractivity contribution in [1.82, 2.24) is 14.5 Å². The van der Waals surface area contributed by atoms with Gasteiger partial charge in [0.15, 0.2) is 0 Å². The van der Waals surface area contributed by atoms with E-state index in [1.54, 1.807) is 18.2 Å². The van der Waals surface area contributed by atoms with Crippen LogP contribution in [-0.2, 0) is 10.0 Å². The third-order valence-electron chi connectivity index (χ3n) is 7.17. The smallest absolute Gasteiger partial charge is 0.244 e. The second-order valence-electron chi connectivity index (χ2n) is 10.3. The summed E-state index contributed by atoms with van der Waals surface area (Å²) in [5, 5.41) is 11.2. The fraction of sp³-hybridized carbons (Fsp3) is 0.538. The Morgan fingerprint density at radius 3 is 2.43 bits per heavy atom. The fourth-order valence-corrected chi connectivity index (χ4v) is 6.43. The van der Waals surface area contributed by atoms with Crippen molar-refractivity contribution in [2.75, 3.05) is 46.4 Å². The summed E-state index contributed by atoms with van der Waals surface area (Å²) < 4.78 is 35.3. The van der Waals surface area contributed by atoms with Gasteiger partial charge in [-0.2, -0.15) is 0 Å². The Bertz CT molecular complexity index is 1120. The van der Waals surface area contributed by atoms with Gasteiger partial charge in [0.25, 0.3) is 0 Å². The molecule has 0 amide bonds. The maximum absolute atomic E-state index is 13.2. The molecule has 0 radical (unpaired) electrons. The van der Waals surface area contributed by atoms with Gasteiger partial charge in [-0.3, -0.25) is 0 Å². The number of hydrogen-bond donors (Lipinski definition) is 2. The number of nitrogens with one attached hydrogen (secondary N) is 1. The maximum atomic E-state index is 13.2. The Morgan fingerprint density at radius 2 is 1.77 bits per heavy atom. The summed E-state index contributed by atoms with van der Waals surface area (Å²) in [6, 6.07) is 13.1. The topological polar surface area (TPSA) is 82.1 Å². The molecular weight excluding hydrogens is 486 g/mol. The molecule has 1 unspecified atom stereocenters. The van der Waals surface area contributed by atoms with Gasteiger partial charge in [0.1, 0.15) is 10.6 Å². The van der Waals surface area contributed by atoms with Crippen molar-refractivity contribution in [1.29, 1.82) is 0 Å². The normalized spacial score (nSPS) is 23.8. The van der Waals surface area contributed by atoms with E-state index in [4.69, 9.17) is 16.3 Å². The predicted molar refractivity (Wildman–Crippen MR) is 139 cm³/mol. The summed E-state index contributed by atoms with van der Waals surface area (Å²) in [5.74, 6) is 0.327. The molecule has 2 aliphatic rings. The van der Waals surface area contributed by atoms with Gasteiger partial charge >= 0.3 is 0 Å². The van der Waals surface area contributed by atoms with E-state index >= 15 is 0 Å². The molecule has 1 fully saturated rings. The zero-order valence-electron chi connectivity index (χ0n) is 20.7. The van der Waals surface area contributed by atoms with Gasteiger partial charge in [-0.1, -0.05) is 29.8 Å². The van der Waals surface area contributed by atoms with Crippen LogP contribution in [0.2, 0.25) is 5.02 Å². The first-order valence-electron chi connectivity index (χ1n) is 12.2. The molecule has 1 saturated heterocycles. The molecule has 2 heterocycles. The molecule has 9 heteroatoms. The standard InChI is InChI=1S/C26H36ClN3O4S/c1-19(2)30-12-10-26(11-13-30)17-29(3)16-23(31)15-28-35(32,33)25-9-6-21(14-24(25)34-18-26)20-4-7-22(27)8-5-20/h4-9,14,19,23,28,31H,10-13,15-18H2,1-3H3. The van der Waals surface area contributed by atoms with E-state index in [0.717, 1.165) is 43.6 Å². The second-order valence-corrected chi connectivity index (χ2v) is 12.5. The van der Waals surface area contributed by atoms with Crippen LogP contribution >= 0.6 is 11.6 Å². The number of aliphatic hydroxyl groups is 1. The molecule has 1 spiro atoms. The minimum absolute atomic E-state index is 0.0564. The molecule has 2 N–H and O–H groups in total. The van der Waals surface area contributed by atoms with Crippen molar-refractivity contribution >= 4 is 21.6 Å². The molecule has 0 aromatic heterocycles. The number of hydrogen-bond acceptors (Lipinski definition) is 6. The average molecular weight is 522 g/mol. The minimum Gasteiger partial charge on any atom is -0.492 e. The lowest BCUT2D eigenvalue weighted by molar-refractivity contribution is 0.00862. The summed E-state index contributed by atoms with van der Waals surface area (Å²) in [7, 11) is -1.89. The lowest BCUT2D eigenvalue weighted by Gasteiger charge is -2.45. The van der Waals surface area contributed by atoms with Gasteiger partial charge in [0.05, 0.1) is 12.7 Å². The molecule has 192 valence electrons. The molecule has 0 aliphatic carbocycles. The lowest BCUT2D eigenvalue weighted by Crippen LogP contribution is -2.51. The first-order chi connectivity index (χ1) is 16.6. The van der Waals surface area contributed by atoms with Crippen LogP contribution in [0.1, 0.15) is 26.7 Å². The average Bonchev–Trinajstić information content (AvgIpc) is 2.81. The number of sulfonamides is 1. The number of likely N-dealkylation sites (N-methyl/N-ethyl adjacent to an activating group) is 1. The van der Waals surface area contributed by atoms with Crippen LogP contribution in [-0.4, -0.2) is 81.8 Å². The molecular formula is C26H36ClN3O4S. The monoisotopic (exact) mass is 521 g/mol. The number of benzene rings is 2. The van der Waals surface area contributed by atoms with E-state index < -0.39 is 16.1 Å². The van der Waals surface area contributed by atoms with Gasteiger partial charge in [0.2, 0.25) is 10.0 Å². The van der Waals surface area contributed by atoms with Gasteiger partial charge in [0, 0.05) is 36.1 Å². The highest BCUT2D eigenvalue weighted by Crippen LogP contribution is 2.37. The first kappa shape index (κ1) is 26.4. The Hall–Kier alpha value is -1.68. The van der Waals surface area contributed by atoms with E-state index in [-0.39, 0.29) is 16.9 Å². The zero-order valence-corrected chi connectivity index (χ0v) is 22.3. The highest BCUT2D eigenvalue weighted by atomic mass is 35.5. The molecule has 4 rings (SSSR count). The van der Waals surface area contributed by atoms with E-state index in [1.807, 2.05) is 31.3 Å². The van der Waals surface area contributed by atoms with E-state index in [2.05, 4.69) is 28.4 Å². The number of β-amino-alcohol motifs (C(OH)–C–C–N with tert-alkyl or cyclic N) is 1. The number of aliphatic hydroxyl groups excluding tert-OH is 1. The highest BCUT2D eigenvalue weighted by Gasteiger charge is 2.38. The Morgan fingerprint density at radius 1 is 1.11 bits per heavy atom. The summed E-state index contributed by atoms with van der Waals surface area (Å²) in [5.41, 5.74) is 1.64. The Kier molecular flexibility index (Phi) is 8.10. The third kappa shape index (κ3) is 6.37. The molecule has 2 aliphatic heterocycles. The number of halogens is 1. The number of piperidine rings is 1. The summed E-state index contributed by atoms with van der Waals surface area (Å²) in [6.45, 7) is 7.87. The van der Waals surface area contributed by atoms with E-state index in [0.29, 0.717) is 30.0 Å². The molecule has 35 heavy (non-hydrogen) atoms. The summed E-state index contributed by atoms with van der Waals surface area (Å²) in [6.07, 6.45) is 1.09.